The van der Waals surface area contributed by atoms with Gasteiger partial charge in [-0.05, 0) is 42.8 Å². The Balaban J connectivity index is 2.08. The summed E-state index contributed by atoms with van der Waals surface area (Å²) in [7, 11) is -1.60. The molecule has 0 fully saturated rings. The summed E-state index contributed by atoms with van der Waals surface area (Å²) in [5, 5.41) is 2.73. The van der Waals surface area contributed by atoms with E-state index in [1.807, 2.05) is 6.07 Å². The van der Waals surface area contributed by atoms with Crippen molar-refractivity contribution >= 4 is 27.7 Å². The fourth-order valence-corrected chi connectivity index (χ4v) is 5.04. The molecule has 0 saturated heterocycles. The molecule has 3 aromatic carbocycles. The number of nitrogens with zero attached hydrogens (tertiary/aromatic N) is 3. The second-order valence-corrected chi connectivity index (χ2v) is 11.1. The highest BCUT2D eigenvalue weighted by Crippen LogP contribution is 2.22. The van der Waals surface area contributed by atoms with Gasteiger partial charge in [0.2, 0.25) is 11.8 Å². The van der Waals surface area contributed by atoms with Crippen molar-refractivity contribution in [1.82, 2.24) is 14.5 Å². The number of carbonyl (C=O) groups excluding carboxylic acids is 2. The molecule has 208 valence electrons. The molecule has 2 amide bonds. The monoisotopic (exact) mass is 558 g/mol. The topological polar surface area (TPSA) is 90.0 Å². The SMILES string of the molecule is CCNC(=O)[C@@H](Cc1ccccc1)N(Cc1ccccc1F)C(=O)CN(c1ccc(F)cc1)S(=O)(=O)N(C)C. The van der Waals surface area contributed by atoms with Gasteiger partial charge in [0.05, 0.1) is 5.69 Å². The Labute approximate surface area is 228 Å². The van der Waals surface area contributed by atoms with Gasteiger partial charge in [0.25, 0.3) is 0 Å². The second-order valence-electron chi connectivity index (χ2n) is 8.99. The van der Waals surface area contributed by atoms with Crippen molar-refractivity contribution < 1.29 is 26.8 Å². The Kier molecular flexibility index (Phi) is 10.1. The van der Waals surface area contributed by atoms with Crippen LogP contribution in [0.25, 0.3) is 0 Å². The van der Waals surface area contributed by atoms with Crippen molar-refractivity contribution in [3.63, 3.8) is 0 Å². The van der Waals surface area contributed by atoms with Crippen molar-refractivity contribution in [3.05, 3.63) is 102 Å². The Morgan fingerprint density at radius 2 is 1.51 bits per heavy atom. The highest BCUT2D eigenvalue weighted by Gasteiger charge is 2.34. The lowest BCUT2D eigenvalue weighted by Crippen LogP contribution is -2.54. The molecule has 3 aromatic rings. The molecule has 0 aliphatic rings. The second kappa shape index (κ2) is 13.3. The standard InChI is InChI=1S/C28H32F2N4O4S/c1-4-31-28(36)26(18-21-10-6-5-7-11-21)33(19-22-12-8-9-13-25(22)30)27(35)20-34(39(37,38)32(2)3)24-16-14-23(29)15-17-24/h5-17,26H,4,18-20H2,1-3H3,(H,31,36)/t26-/m1/s1. The van der Waals surface area contributed by atoms with E-state index in [0.29, 0.717) is 6.54 Å². The van der Waals surface area contributed by atoms with Gasteiger partial charge in [0.15, 0.2) is 0 Å². The lowest BCUT2D eigenvalue weighted by molar-refractivity contribution is -0.140. The van der Waals surface area contributed by atoms with Gasteiger partial charge in [-0.3, -0.25) is 9.59 Å². The molecule has 0 unspecified atom stereocenters. The van der Waals surface area contributed by atoms with Crippen LogP contribution in [0.4, 0.5) is 14.5 Å². The van der Waals surface area contributed by atoms with E-state index in [0.717, 1.165) is 26.3 Å². The lowest BCUT2D eigenvalue weighted by atomic mass is 10.0. The zero-order valence-electron chi connectivity index (χ0n) is 22.1. The molecule has 0 bridgehead atoms. The Morgan fingerprint density at radius 1 is 0.897 bits per heavy atom. The molecular formula is C28H32F2N4O4S. The van der Waals surface area contributed by atoms with Gasteiger partial charge >= 0.3 is 10.2 Å². The average Bonchev–Trinajstić information content (AvgIpc) is 2.91. The maximum Gasteiger partial charge on any atom is 0.304 e. The molecule has 8 nitrogen and oxygen atoms in total. The number of benzene rings is 3. The van der Waals surface area contributed by atoms with Crippen LogP contribution in [0.3, 0.4) is 0 Å². The fourth-order valence-electron chi connectivity index (χ4n) is 3.98. The van der Waals surface area contributed by atoms with Gasteiger partial charge in [-0.2, -0.15) is 12.7 Å². The summed E-state index contributed by atoms with van der Waals surface area (Å²) in [5.74, 6) is -2.34. The van der Waals surface area contributed by atoms with Gasteiger partial charge in [-0.15, -0.1) is 0 Å². The van der Waals surface area contributed by atoms with Crippen molar-refractivity contribution in [2.45, 2.75) is 25.9 Å². The summed E-state index contributed by atoms with van der Waals surface area (Å²) < 4.78 is 56.6. The average molecular weight is 559 g/mol. The zero-order valence-corrected chi connectivity index (χ0v) is 22.9. The molecular weight excluding hydrogens is 526 g/mol. The number of rotatable bonds is 12. The van der Waals surface area contributed by atoms with Crippen LogP contribution in [0.15, 0.2) is 78.9 Å². The predicted molar refractivity (Wildman–Crippen MR) is 146 cm³/mol. The van der Waals surface area contributed by atoms with Crippen LogP contribution in [0.5, 0.6) is 0 Å². The minimum Gasteiger partial charge on any atom is -0.355 e. The molecule has 39 heavy (non-hydrogen) atoms. The molecule has 3 rings (SSSR count). The Hall–Kier alpha value is -3.83. The Bertz CT molecular complexity index is 1370. The number of nitrogens with one attached hydrogen (secondary N) is 1. The van der Waals surface area contributed by atoms with Gasteiger partial charge < -0.3 is 10.2 Å². The normalized spacial score (nSPS) is 12.2. The highest BCUT2D eigenvalue weighted by atomic mass is 32.2. The summed E-state index contributed by atoms with van der Waals surface area (Å²) in [4.78, 5) is 28.4. The minimum absolute atomic E-state index is 0.0573. The number of halogens is 2. The number of amides is 2. The van der Waals surface area contributed by atoms with E-state index in [-0.39, 0.29) is 24.2 Å². The van der Waals surface area contributed by atoms with E-state index < -0.39 is 46.2 Å². The molecule has 0 saturated carbocycles. The van der Waals surface area contributed by atoms with Crippen LogP contribution in [0.2, 0.25) is 0 Å². The number of anilines is 1. The molecule has 0 spiro atoms. The van der Waals surface area contributed by atoms with Crippen molar-refractivity contribution in [3.8, 4) is 0 Å². The maximum atomic E-state index is 14.7. The first-order valence-corrected chi connectivity index (χ1v) is 13.7. The number of hydrogen-bond acceptors (Lipinski definition) is 4. The first-order valence-electron chi connectivity index (χ1n) is 12.3. The molecule has 1 atom stereocenters. The highest BCUT2D eigenvalue weighted by molar-refractivity contribution is 7.90. The number of hydrogen-bond donors (Lipinski definition) is 1. The van der Waals surface area contributed by atoms with E-state index in [9.17, 15) is 26.8 Å². The maximum absolute atomic E-state index is 14.7. The molecule has 0 aliphatic heterocycles. The summed E-state index contributed by atoms with van der Waals surface area (Å²) in [6.45, 7) is 1.05. The van der Waals surface area contributed by atoms with Gasteiger partial charge in [-0.1, -0.05) is 48.5 Å². The van der Waals surface area contributed by atoms with E-state index in [1.54, 1.807) is 37.3 Å². The zero-order chi connectivity index (χ0) is 28.6. The van der Waals surface area contributed by atoms with Crippen LogP contribution < -0.4 is 9.62 Å². The largest absolute Gasteiger partial charge is 0.355 e. The number of carbonyl (C=O) groups is 2. The third kappa shape index (κ3) is 7.61. The van der Waals surface area contributed by atoms with Crippen LogP contribution in [-0.2, 0) is 32.8 Å². The number of likely N-dealkylation sites (N-methyl/N-ethyl adjacent to an activating group) is 1. The van der Waals surface area contributed by atoms with Gasteiger partial charge in [0.1, 0.15) is 24.2 Å². The quantitative estimate of drug-likeness (QED) is 0.369. The summed E-state index contributed by atoms with van der Waals surface area (Å²) >= 11 is 0. The first-order chi connectivity index (χ1) is 18.5. The van der Waals surface area contributed by atoms with Crippen LogP contribution >= 0.6 is 0 Å². The Morgan fingerprint density at radius 3 is 2.10 bits per heavy atom. The fraction of sp³-hybridized carbons (Fsp3) is 0.286. The van der Waals surface area contributed by atoms with Gasteiger partial charge in [-0.25, -0.2) is 13.1 Å². The summed E-state index contributed by atoms with van der Waals surface area (Å²) in [6.07, 6.45) is 0.115. The molecule has 1 N–H and O–H groups in total. The van der Waals surface area contributed by atoms with Crippen LogP contribution in [0, 0.1) is 11.6 Å². The van der Waals surface area contributed by atoms with Crippen LogP contribution in [0.1, 0.15) is 18.1 Å². The smallest absolute Gasteiger partial charge is 0.304 e. The minimum atomic E-state index is -4.21. The predicted octanol–water partition coefficient (Wildman–Crippen LogP) is 3.35. The third-order valence-electron chi connectivity index (χ3n) is 6.05. The van der Waals surface area contributed by atoms with E-state index >= 15 is 0 Å². The molecule has 0 aliphatic carbocycles. The van der Waals surface area contributed by atoms with E-state index in [1.165, 1.54) is 49.3 Å². The van der Waals surface area contributed by atoms with Gasteiger partial charge in [0, 0.05) is 39.2 Å². The van der Waals surface area contributed by atoms with Crippen molar-refractivity contribution in [2.75, 3.05) is 31.5 Å². The van der Waals surface area contributed by atoms with E-state index in [4.69, 9.17) is 0 Å². The van der Waals surface area contributed by atoms with Crippen LogP contribution in [-0.4, -0.2) is 62.7 Å². The third-order valence-corrected chi connectivity index (χ3v) is 7.87. The lowest BCUT2D eigenvalue weighted by Gasteiger charge is -2.34. The molecule has 0 radical (unpaired) electrons. The summed E-state index contributed by atoms with van der Waals surface area (Å²) in [5.41, 5.74) is 0.982. The van der Waals surface area contributed by atoms with Crippen molar-refractivity contribution in [2.24, 2.45) is 0 Å². The van der Waals surface area contributed by atoms with Crippen molar-refractivity contribution in [1.29, 1.82) is 0 Å². The molecule has 0 heterocycles. The molecule has 11 heteroatoms. The molecule has 0 aromatic heterocycles. The van der Waals surface area contributed by atoms with E-state index in [2.05, 4.69) is 5.32 Å². The summed E-state index contributed by atoms with van der Waals surface area (Å²) in [6, 6.07) is 18.5. The first kappa shape index (κ1) is 29.7.